The summed E-state index contributed by atoms with van der Waals surface area (Å²) in [7, 11) is -3.93. The first-order chi connectivity index (χ1) is 12.1. The van der Waals surface area contributed by atoms with Crippen LogP contribution in [0.15, 0.2) is 18.2 Å². The van der Waals surface area contributed by atoms with Crippen LogP contribution < -0.4 is 5.32 Å². The van der Waals surface area contributed by atoms with Gasteiger partial charge < -0.3 is 10.4 Å². The number of unbranched alkanes of at least 4 members (excludes halogenated alkanes) is 1. The molecule has 1 aliphatic rings. The molecule has 7 nitrogen and oxygen atoms in total. The molecule has 0 unspecified atom stereocenters. The summed E-state index contributed by atoms with van der Waals surface area (Å²) in [4.78, 5) is 12.2. The number of benzene rings is 1. The number of fused-ring (bicyclic) bond motifs is 1. The highest BCUT2D eigenvalue weighted by atomic mass is 32.2. The Morgan fingerprint density at radius 1 is 1.27 bits per heavy atom. The lowest BCUT2D eigenvalue weighted by Gasteiger charge is -2.15. The Labute approximate surface area is 154 Å². The third kappa shape index (κ3) is 4.49. The van der Waals surface area contributed by atoms with Crippen LogP contribution >= 0.6 is 0 Å². The second kappa shape index (κ2) is 7.85. The lowest BCUT2D eigenvalue weighted by atomic mass is 9.81. The second-order valence-corrected chi connectivity index (χ2v) is 8.64. The van der Waals surface area contributed by atoms with Crippen molar-refractivity contribution in [3.63, 3.8) is 0 Å². The van der Waals surface area contributed by atoms with Crippen molar-refractivity contribution in [2.45, 2.75) is 39.0 Å². The van der Waals surface area contributed by atoms with E-state index >= 15 is 0 Å². The first-order valence-corrected chi connectivity index (χ1v) is 10.3. The summed E-state index contributed by atoms with van der Waals surface area (Å²) in [5.74, 6) is -0.456. The van der Waals surface area contributed by atoms with Gasteiger partial charge in [-0.3, -0.25) is 9.35 Å². The van der Waals surface area contributed by atoms with Crippen LogP contribution in [0.25, 0.3) is 0 Å². The molecule has 144 valence electrons. The van der Waals surface area contributed by atoms with E-state index in [1.54, 1.807) is 6.07 Å². The Morgan fingerprint density at radius 2 is 1.96 bits per heavy atom. The van der Waals surface area contributed by atoms with Crippen LogP contribution in [0.4, 0.5) is 5.69 Å². The van der Waals surface area contributed by atoms with Gasteiger partial charge in [0.1, 0.15) is 6.54 Å². The zero-order valence-corrected chi connectivity index (χ0v) is 16.3. The average molecular weight is 383 g/mol. The summed E-state index contributed by atoms with van der Waals surface area (Å²) < 4.78 is 32.7. The number of carbonyl (C=O) groups is 1. The Balaban J connectivity index is 2.21. The van der Waals surface area contributed by atoms with E-state index in [9.17, 15) is 13.2 Å². The maximum atomic E-state index is 12.2. The van der Waals surface area contributed by atoms with Gasteiger partial charge >= 0.3 is 0 Å². The van der Waals surface area contributed by atoms with Crippen molar-refractivity contribution in [1.82, 2.24) is 5.32 Å². The lowest BCUT2D eigenvalue weighted by Crippen LogP contribution is -2.28. The van der Waals surface area contributed by atoms with Gasteiger partial charge in [0, 0.05) is 37.1 Å². The van der Waals surface area contributed by atoms with Gasteiger partial charge in [0.05, 0.1) is 17.8 Å². The van der Waals surface area contributed by atoms with Crippen LogP contribution in [0.5, 0.6) is 0 Å². The Kier molecular flexibility index (Phi) is 6.21. The van der Waals surface area contributed by atoms with Crippen molar-refractivity contribution >= 4 is 27.4 Å². The van der Waals surface area contributed by atoms with Crippen LogP contribution in [0.2, 0.25) is 0 Å². The highest BCUT2D eigenvalue weighted by Gasteiger charge is 2.43. The molecule has 0 radical (unpaired) electrons. The molecule has 0 saturated carbocycles. The Bertz CT molecular complexity index is 828. The molecule has 1 heterocycles. The standard InChI is InChI=1S/C18H26N2O5S/c1-13-18(2,3)15-12-14(17(22)19-8-10-21)6-7-16(15)20(13)9-4-5-11-26(23,24)25/h6-7,12,21H,4-5,8-11H2,1-3H3,(H-,19,22,23,24,25)/p+1. The lowest BCUT2D eigenvalue weighted by molar-refractivity contribution is -0.439. The third-order valence-electron chi connectivity index (χ3n) is 4.96. The van der Waals surface area contributed by atoms with Crippen LogP contribution in [0.1, 0.15) is 49.5 Å². The maximum absolute atomic E-state index is 12.2. The molecule has 0 atom stereocenters. The predicted octanol–water partition coefficient (Wildman–Crippen LogP) is 1.47. The number of aliphatic hydroxyl groups excluding tert-OH is 1. The molecule has 0 aromatic heterocycles. The van der Waals surface area contributed by atoms with Gasteiger partial charge in [-0.1, -0.05) is 0 Å². The zero-order valence-electron chi connectivity index (χ0n) is 15.4. The van der Waals surface area contributed by atoms with Crippen molar-refractivity contribution in [1.29, 1.82) is 0 Å². The van der Waals surface area contributed by atoms with Crippen molar-refractivity contribution in [2.75, 3.05) is 25.4 Å². The number of amides is 1. The summed E-state index contributed by atoms with van der Waals surface area (Å²) in [6.07, 6.45) is 1.02. The quantitative estimate of drug-likeness (QED) is 0.358. The first kappa shape index (κ1) is 20.5. The summed E-state index contributed by atoms with van der Waals surface area (Å²) in [5.41, 5.74) is 3.49. The zero-order chi connectivity index (χ0) is 19.5. The molecule has 0 spiro atoms. The summed E-state index contributed by atoms with van der Waals surface area (Å²) >= 11 is 0. The number of nitrogens with one attached hydrogen (secondary N) is 1. The Morgan fingerprint density at radius 3 is 2.58 bits per heavy atom. The molecule has 3 N–H and O–H groups in total. The molecule has 8 heteroatoms. The van der Waals surface area contributed by atoms with Crippen LogP contribution in [0, 0.1) is 0 Å². The van der Waals surface area contributed by atoms with E-state index in [-0.39, 0.29) is 30.2 Å². The number of aliphatic hydroxyl groups is 1. The maximum Gasteiger partial charge on any atom is 0.264 e. The molecule has 0 fully saturated rings. The number of rotatable bonds is 8. The van der Waals surface area contributed by atoms with E-state index in [1.807, 2.05) is 19.1 Å². The molecular formula is C18H27N2O5S+. The molecular weight excluding hydrogens is 356 g/mol. The van der Waals surface area contributed by atoms with Crippen LogP contribution in [0.3, 0.4) is 0 Å². The molecule has 2 rings (SSSR count). The van der Waals surface area contributed by atoms with Crippen molar-refractivity contribution in [3.8, 4) is 0 Å². The average Bonchev–Trinajstić information content (AvgIpc) is 2.75. The highest BCUT2D eigenvalue weighted by molar-refractivity contribution is 7.85. The molecule has 1 aromatic rings. The summed E-state index contributed by atoms with van der Waals surface area (Å²) in [6, 6.07) is 5.54. The minimum atomic E-state index is -3.93. The number of carbonyl (C=O) groups excluding carboxylic acids is 1. The van der Waals surface area contributed by atoms with E-state index in [0.717, 1.165) is 17.0 Å². The molecule has 0 saturated heterocycles. The topological polar surface area (TPSA) is 107 Å². The summed E-state index contributed by atoms with van der Waals surface area (Å²) in [6.45, 7) is 6.97. The minimum absolute atomic E-state index is 0.105. The van der Waals surface area contributed by atoms with E-state index in [4.69, 9.17) is 9.66 Å². The normalized spacial score (nSPS) is 15.9. The first-order valence-electron chi connectivity index (χ1n) is 8.68. The fourth-order valence-electron chi connectivity index (χ4n) is 3.24. The number of hydrogen-bond donors (Lipinski definition) is 3. The van der Waals surface area contributed by atoms with Gasteiger partial charge in [0.15, 0.2) is 5.71 Å². The molecule has 1 aromatic carbocycles. The molecule has 1 amide bonds. The number of nitrogens with zero attached hydrogens (tertiary/aromatic N) is 1. The predicted molar refractivity (Wildman–Crippen MR) is 100 cm³/mol. The van der Waals surface area contributed by atoms with Gasteiger partial charge in [-0.2, -0.15) is 13.0 Å². The van der Waals surface area contributed by atoms with Gasteiger partial charge in [0.2, 0.25) is 5.69 Å². The van der Waals surface area contributed by atoms with Gasteiger partial charge in [-0.15, -0.1) is 0 Å². The second-order valence-electron chi connectivity index (χ2n) is 7.07. The molecule has 0 aliphatic carbocycles. The van der Waals surface area contributed by atoms with E-state index in [0.29, 0.717) is 24.9 Å². The van der Waals surface area contributed by atoms with Gasteiger partial charge in [-0.05, 0) is 32.4 Å². The molecule has 0 bridgehead atoms. The smallest absolute Gasteiger partial charge is 0.264 e. The summed E-state index contributed by atoms with van der Waals surface area (Å²) in [5, 5.41) is 11.5. The SMILES string of the molecule is CC1=[N+](CCCCS(=O)(=O)O)c2ccc(C(=O)NCCO)cc2C1(C)C. The van der Waals surface area contributed by atoms with E-state index in [1.165, 1.54) is 0 Å². The highest BCUT2D eigenvalue weighted by Crippen LogP contribution is 2.40. The van der Waals surface area contributed by atoms with Crippen molar-refractivity contribution in [2.24, 2.45) is 0 Å². The van der Waals surface area contributed by atoms with E-state index in [2.05, 4.69) is 23.7 Å². The Hall–Kier alpha value is -1.77. The largest absolute Gasteiger partial charge is 0.395 e. The molecule has 1 aliphatic heterocycles. The number of hydrogen-bond acceptors (Lipinski definition) is 4. The fourth-order valence-corrected chi connectivity index (χ4v) is 3.81. The minimum Gasteiger partial charge on any atom is -0.395 e. The third-order valence-corrected chi connectivity index (χ3v) is 5.77. The van der Waals surface area contributed by atoms with Crippen LogP contribution in [-0.2, 0) is 15.5 Å². The van der Waals surface area contributed by atoms with Crippen molar-refractivity contribution < 1.29 is 27.4 Å². The van der Waals surface area contributed by atoms with E-state index < -0.39 is 10.1 Å². The fraction of sp³-hybridized carbons (Fsp3) is 0.556. The van der Waals surface area contributed by atoms with Crippen LogP contribution in [-0.4, -0.2) is 59.7 Å². The van der Waals surface area contributed by atoms with Crippen molar-refractivity contribution in [3.05, 3.63) is 29.3 Å². The monoisotopic (exact) mass is 383 g/mol. The van der Waals surface area contributed by atoms with Gasteiger partial charge in [-0.25, -0.2) is 0 Å². The van der Waals surface area contributed by atoms with Gasteiger partial charge in [0.25, 0.3) is 16.0 Å². The molecule has 26 heavy (non-hydrogen) atoms.